The van der Waals surface area contributed by atoms with E-state index in [4.69, 9.17) is 2.51 Å². The van der Waals surface area contributed by atoms with Crippen LogP contribution in [0.25, 0.3) is 0 Å². The first-order chi connectivity index (χ1) is 10.7. The highest BCUT2D eigenvalue weighted by Crippen LogP contribution is 2.35. The molecule has 0 atom stereocenters. The molecule has 0 saturated carbocycles. The van der Waals surface area contributed by atoms with Gasteiger partial charge in [0.05, 0.1) is 5.69 Å². The third-order valence-electron chi connectivity index (χ3n) is 2.86. The summed E-state index contributed by atoms with van der Waals surface area (Å²) < 4.78 is 8.28. The minimum atomic E-state index is 0.966. The zero-order chi connectivity index (χ0) is 16.4. The van der Waals surface area contributed by atoms with Gasteiger partial charge in [0.1, 0.15) is 35.2 Å². The molecular formula is C17H22INOS2. The van der Waals surface area contributed by atoms with Crippen LogP contribution >= 0.6 is 47.0 Å². The molecule has 1 N–H and O–H groups in total. The van der Waals surface area contributed by atoms with Gasteiger partial charge in [0.15, 0.2) is 0 Å². The van der Waals surface area contributed by atoms with E-state index in [1.54, 1.807) is 0 Å². The lowest BCUT2D eigenvalue weighted by Gasteiger charge is -2.14. The molecule has 0 bridgehead atoms. The van der Waals surface area contributed by atoms with Crippen molar-refractivity contribution in [3.63, 3.8) is 0 Å². The van der Waals surface area contributed by atoms with Gasteiger partial charge in [-0.05, 0) is 36.6 Å². The molecule has 0 heterocycles. The number of hydrogen-bond acceptors (Lipinski definition) is 4. The van der Waals surface area contributed by atoms with Crippen molar-refractivity contribution in [3.8, 4) is 0 Å². The Kier molecular flexibility index (Phi) is 10.0. The SMILES string of the molecule is CC.Cc1cc(C)c(NSOI)c(SCc2ccccc2)c1. The fourth-order valence-electron chi connectivity index (χ4n) is 1.97. The van der Waals surface area contributed by atoms with Gasteiger partial charge in [-0.3, -0.25) is 0 Å². The summed E-state index contributed by atoms with van der Waals surface area (Å²) >= 11 is 4.95. The maximum Gasteiger partial charge on any atom is 0.129 e. The van der Waals surface area contributed by atoms with E-state index in [1.807, 2.05) is 54.7 Å². The highest BCUT2D eigenvalue weighted by molar-refractivity contribution is 14.1. The molecule has 0 unspecified atom stereocenters. The molecular weight excluding hydrogens is 425 g/mol. The number of anilines is 1. The van der Waals surface area contributed by atoms with Crippen molar-refractivity contribution in [2.24, 2.45) is 0 Å². The Labute approximate surface area is 156 Å². The normalized spacial score (nSPS) is 9.86. The van der Waals surface area contributed by atoms with Gasteiger partial charge in [0.2, 0.25) is 0 Å². The summed E-state index contributed by atoms with van der Waals surface area (Å²) in [5, 5.41) is 0. The smallest absolute Gasteiger partial charge is 0.129 e. The molecule has 2 aromatic rings. The first-order valence-corrected chi connectivity index (χ1v) is 9.79. The number of hydrogen-bond donors (Lipinski definition) is 1. The van der Waals surface area contributed by atoms with Crippen LogP contribution in [0.3, 0.4) is 0 Å². The minimum Gasteiger partial charge on any atom is -0.305 e. The summed E-state index contributed by atoms with van der Waals surface area (Å²) in [6.07, 6.45) is 0. The first kappa shape index (κ1) is 19.7. The predicted octanol–water partition coefficient (Wildman–Crippen LogP) is 6.96. The zero-order valence-electron chi connectivity index (χ0n) is 13.4. The molecule has 22 heavy (non-hydrogen) atoms. The van der Waals surface area contributed by atoms with Crippen LogP contribution in [-0.2, 0) is 8.27 Å². The third-order valence-corrected chi connectivity index (χ3v) is 4.86. The second kappa shape index (κ2) is 11.2. The van der Waals surface area contributed by atoms with Crippen molar-refractivity contribution in [2.75, 3.05) is 4.72 Å². The van der Waals surface area contributed by atoms with Crippen LogP contribution in [0.15, 0.2) is 47.4 Å². The van der Waals surface area contributed by atoms with Crippen LogP contribution in [0, 0.1) is 13.8 Å². The lowest BCUT2D eigenvalue weighted by Crippen LogP contribution is -1.94. The zero-order valence-corrected chi connectivity index (χ0v) is 17.1. The minimum absolute atomic E-state index is 0.966. The average molecular weight is 447 g/mol. The second-order valence-corrected chi connectivity index (χ2v) is 7.07. The molecule has 120 valence electrons. The predicted molar refractivity (Wildman–Crippen MR) is 110 cm³/mol. The number of rotatable bonds is 6. The monoisotopic (exact) mass is 447 g/mol. The van der Waals surface area contributed by atoms with E-state index in [0.717, 1.165) is 11.4 Å². The maximum atomic E-state index is 5.02. The topological polar surface area (TPSA) is 21.3 Å². The molecule has 0 spiro atoms. The van der Waals surface area contributed by atoms with Gasteiger partial charge < -0.3 is 4.72 Å². The molecule has 0 fully saturated rings. The number of halogens is 1. The third kappa shape index (κ3) is 6.40. The number of benzene rings is 2. The summed E-state index contributed by atoms with van der Waals surface area (Å²) in [6, 6.07) is 14.9. The van der Waals surface area contributed by atoms with Gasteiger partial charge in [0, 0.05) is 10.6 Å². The van der Waals surface area contributed by atoms with E-state index in [9.17, 15) is 0 Å². The molecule has 0 amide bonds. The van der Waals surface area contributed by atoms with Crippen LogP contribution in [0.1, 0.15) is 30.5 Å². The Bertz CT molecular complexity index is 564. The molecule has 2 aromatic carbocycles. The number of aryl methyl sites for hydroxylation is 2. The summed E-state index contributed by atoms with van der Waals surface area (Å²) in [7, 11) is 0. The van der Waals surface area contributed by atoms with Crippen LogP contribution in [-0.4, -0.2) is 0 Å². The van der Waals surface area contributed by atoms with Crippen molar-refractivity contribution in [2.45, 2.75) is 38.3 Å². The molecule has 0 aliphatic rings. The summed E-state index contributed by atoms with van der Waals surface area (Å²) in [5.41, 5.74) is 4.99. The molecule has 0 radical (unpaired) electrons. The molecule has 0 aliphatic heterocycles. The van der Waals surface area contributed by atoms with E-state index in [2.05, 4.69) is 55.0 Å². The van der Waals surface area contributed by atoms with E-state index in [-0.39, 0.29) is 0 Å². The van der Waals surface area contributed by atoms with Gasteiger partial charge in [-0.1, -0.05) is 50.2 Å². The lowest BCUT2D eigenvalue weighted by molar-refractivity contribution is 0.847. The second-order valence-electron chi connectivity index (χ2n) is 4.48. The van der Waals surface area contributed by atoms with E-state index in [0.29, 0.717) is 0 Å². The van der Waals surface area contributed by atoms with Crippen LogP contribution in [0.5, 0.6) is 0 Å². The summed E-state index contributed by atoms with van der Waals surface area (Å²) in [4.78, 5) is 1.26. The van der Waals surface area contributed by atoms with Gasteiger partial charge >= 0.3 is 0 Å². The van der Waals surface area contributed by atoms with Crippen molar-refractivity contribution in [1.82, 2.24) is 0 Å². The largest absolute Gasteiger partial charge is 0.305 e. The standard InChI is InChI=1S/C15H16INOS2.C2H6/c1-11-8-12(2)15(17-20-18-16)14(9-11)19-10-13-6-4-3-5-7-13;1-2/h3-9,17H,10H2,1-2H3;1-2H3. The van der Waals surface area contributed by atoms with Crippen molar-refractivity contribution < 1.29 is 2.51 Å². The van der Waals surface area contributed by atoms with Crippen molar-refractivity contribution in [3.05, 3.63) is 59.2 Å². The Hall–Kier alpha value is -0.370. The Balaban J connectivity index is 0.00000116. The molecule has 0 saturated heterocycles. The van der Waals surface area contributed by atoms with Crippen molar-refractivity contribution in [1.29, 1.82) is 0 Å². The number of thioether (sulfide) groups is 1. The van der Waals surface area contributed by atoms with E-state index < -0.39 is 0 Å². The summed E-state index contributed by atoms with van der Waals surface area (Å²) in [5.74, 6) is 0.966. The average Bonchev–Trinajstić information content (AvgIpc) is 2.55. The Morgan fingerprint density at radius 3 is 2.41 bits per heavy atom. The quantitative estimate of drug-likeness (QED) is 0.224. The van der Waals surface area contributed by atoms with E-state index in [1.165, 1.54) is 33.8 Å². The van der Waals surface area contributed by atoms with Gasteiger partial charge in [0.25, 0.3) is 0 Å². The molecule has 2 rings (SSSR count). The van der Waals surface area contributed by atoms with Crippen LogP contribution < -0.4 is 4.72 Å². The first-order valence-electron chi connectivity index (χ1n) is 7.19. The number of nitrogens with one attached hydrogen (secondary N) is 1. The van der Waals surface area contributed by atoms with Gasteiger partial charge in [-0.2, -0.15) is 0 Å². The Morgan fingerprint density at radius 1 is 1.09 bits per heavy atom. The molecule has 0 aliphatic carbocycles. The summed E-state index contributed by atoms with van der Waals surface area (Å²) in [6.45, 7) is 8.25. The fraction of sp³-hybridized carbons (Fsp3) is 0.294. The van der Waals surface area contributed by atoms with Gasteiger partial charge in [-0.15, -0.1) is 11.8 Å². The molecule has 5 heteroatoms. The maximum absolute atomic E-state index is 5.02. The highest BCUT2D eigenvalue weighted by Gasteiger charge is 2.08. The molecule has 2 nitrogen and oxygen atoms in total. The fourth-order valence-corrected chi connectivity index (χ4v) is 3.83. The lowest BCUT2D eigenvalue weighted by atomic mass is 10.1. The van der Waals surface area contributed by atoms with Crippen molar-refractivity contribution >= 4 is 52.7 Å². The van der Waals surface area contributed by atoms with Crippen LogP contribution in [0.2, 0.25) is 0 Å². The van der Waals surface area contributed by atoms with Gasteiger partial charge in [-0.25, -0.2) is 2.51 Å². The molecule has 0 aromatic heterocycles. The highest BCUT2D eigenvalue weighted by atomic mass is 127. The van der Waals surface area contributed by atoms with E-state index >= 15 is 0 Å². The van der Waals surface area contributed by atoms with Crippen LogP contribution in [0.4, 0.5) is 5.69 Å². The Morgan fingerprint density at radius 2 is 1.77 bits per heavy atom.